The molecular formula is C9H12N6. The molecule has 6 nitrogen and oxygen atoms in total. The van der Waals surface area contributed by atoms with E-state index < -0.39 is 0 Å². The van der Waals surface area contributed by atoms with Crippen molar-refractivity contribution in [3.05, 3.63) is 5.69 Å². The molecule has 2 atom stereocenters. The van der Waals surface area contributed by atoms with Gasteiger partial charge in [0.25, 0.3) is 0 Å². The molecule has 3 aliphatic rings. The quantitative estimate of drug-likeness (QED) is 0.510. The van der Waals surface area contributed by atoms with E-state index in [-0.39, 0.29) is 0 Å². The average molecular weight is 204 g/mol. The third-order valence-corrected chi connectivity index (χ3v) is 3.44. The third kappa shape index (κ3) is 0.829. The highest BCUT2D eigenvalue weighted by molar-refractivity contribution is 5.76. The largest absolute Gasteiger partial charge is 0.368 e. The minimum absolute atomic E-state index is 0.371. The number of hydrogen-bond donors (Lipinski definition) is 3. The number of nitrogens with one attached hydrogen (secondary N) is 2. The van der Waals surface area contributed by atoms with E-state index in [9.17, 15) is 0 Å². The first-order chi connectivity index (χ1) is 7.33. The molecular weight excluding hydrogens is 192 g/mol. The molecule has 1 fully saturated rings. The molecule has 1 saturated heterocycles. The SMILES string of the molecule is Nc1nc2c3c(n1)NC[C@@H]1CNC(C2)N31. The number of aromatic nitrogens is 2. The molecule has 0 spiro atoms. The molecule has 1 aromatic rings. The zero-order valence-corrected chi connectivity index (χ0v) is 8.20. The van der Waals surface area contributed by atoms with Gasteiger partial charge in [0, 0.05) is 19.5 Å². The van der Waals surface area contributed by atoms with Gasteiger partial charge in [0.05, 0.1) is 17.9 Å². The number of nitrogen functional groups attached to an aromatic ring is 1. The van der Waals surface area contributed by atoms with Crippen molar-refractivity contribution in [1.29, 1.82) is 0 Å². The van der Waals surface area contributed by atoms with Crippen LogP contribution in [-0.2, 0) is 6.42 Å². The van der Waals surface area contributed by atoms with Crippen LogP contribution in [-0.4, -0.2) is 35.3 Å². The van der Waals surface area contributed by atoms with Crippen molar-refractivity contribution >= 4 is 17.5 Å². The highest BCUT2D eigenvalue weighted by Crippen LogP contribution is 2.41. The number of hydrogen-bond acceptors (Lipinski definition) is 6. The van der Waals surface area contributed by atoms with Gasteiger partial charge < -0.3 is 16.0 Å². The zero-order valence-electron chi connectivity index (χ0n) is 8.20. The minimum Gasteiger partial charge on any atom is -0.368 e. The Bertz CT molecular complexity index is 444. The Balaban J connectivity index is 1.97. The number of nitrogens with zero attached hydrogens (tertiary/aromatic N) is 3. The monoisotopic (exact) mass is 204 g/mol. The van der Waals surface area contributed by atoms with E-state index in [1.165, 1.54) is 0 Å². The van der Waals surface area contributed by atoms with Crippen molar-refractivity contribution in [3.8, 4) is 0 Å². The summed E-state index contributed by atoms with van der Waals surface area (Å²) in [5.74, 6) is 1.27. The van der Waals surface area contributed by atoms with E-state index in [2.05, 4.69) is 25.5 Å². The van der Waals surface area contributed by atoms with Crippen LogP contribution in [0.15, 0.2) is 0 Å². The van der Waals surface area contributed by atoms with Crippen molar-refractivity contribution in [2.24, 2.45) is 0 Å². The molecule has 78 valence electrons. The highest BCUT2D eigenvalue weighted by atomic mass is 15.4. The maximum Gasteiger partial charge on any atom is 0.222 e. The van der Waals surface area contributed by atoms with Gasteiger partial charge in [-0.15, -0.1) is 0 Å². The maximum atomic E-state index is 5.67. The van der Waals surface area contributed by atoms with Crippen LogP contribution in [0.1, 0.15) is 5.69 Å². The second-order valence-corrected chi connectivity index (χ2v) is 4.30. The van der Waals surface area contributed by atoms with E-state index in [1.54, 1.807) is 0 Å². The van der Waals surface area contributed by atoms with Crippen LogP contribution in [0.5, 0.6) is 0 Å². The van der Waals surface area contributed by atoms with Crippen LogP contribution in [0.2, 0.25) is 0 Å². The lowest BCUT2D eigenvalue weighted by Gasteiger charge is -2.32. The topological polar surface area (TPSA) is 79.1 Å². The van der Waals surface area contributed by atoms with Gasteiger partial charge in [0.1, 0.15) is 5.69 Å². The van der Waals surface area contributed by atoms with Crippen LogP contribution >= 0.6 is 0 Å². The smallest absolute Gasteiger partial charge is 0.222 e. The van der Waals surface area contributed by atoms with E-state index in [0.717, 1.165) is 36.7 Å². The number of rotatable bonds is 0. The highest BCUT2D eigenvalue weighted by Gasteiger charge is 2.44. The van der Waals surface area contributed by atoms with Gasteiger partial charge in [-0.3, -0.25) is 5.32 Å². The van der Waals surface area contributed by atoms with Crippen molar-refractivity contribution in [2.45, 2.75) is 18.6 Å². The molecule has 0 aromatic carbocycles. The van der Waals surface area contributed by atoms with Crippen LogP contribution in [0.25, 0.3) is 0 Å². The summed E-state index contributed by atoms with van der Waals surface area (Å²) in [5, 5.41) is 6.83. The van der Waals surface area contributed by atoms with Crippen LogP contribution < -0.4 is 21.3 Å². The van der Waals surface area contributed by atoms with Crippen molar-refractivity contribution in [2.75, 3.05) is 29.0 Å². The Hall–Kier alpha value is -1.56. The van der Waals surface area contributed by atoms with Gasteiger partial charge in [0.2, 0.25) is 5.95 Å². The second kappa shape index (κ2) is 2.33. The molecule has 3 aliphatic heterocycles. The minimum atomic E-state index is 0.371. The first-order valence-electron chi connectivity index (χ1n) is 5.25. The fraction of sp³-hybridized carbons (Fsp3) is 0.556. The molecule has 0 radical (unpaired) electrons. The van der Waals surface area contributed by atoms with Crippen LogP contribution in [0.4, 0.5) is 17.5 Å². The van der Waals surface area contributed by atoms with Crippen molar-refractivity contribution < 1.29 is 0 Å². The van der Waals surface area contributed by atoms with Gasteiger partial charge >= 0.3 is 0 Å². The summed E-state index contributed by atoms with van der Waals surface area (Å²) in [4.78, 5) is 11.0. The molecule has 1 aromatic heterocycles. The summed E-state index contributed by atoms with van der Waals surface area (Å²) in [6, 6.07) is 0.538. The molecule has 0 bridgehead atoms. The first kappa shape index (κ1) is 7.70. The Morgan fingerprint density at radius 1 is 1.33 bits per heavy atom. The predicted molar refractivity (Wildman–Crippen MR) is 56.7 cm³/mol. The second-order valence-electron chi connectivity index (χ2n) is 4.30. The number of anilines is 3. The van der Waals surface area contributed by atoms with Gasteiger partial charge in [-0.1, -0.05) is 0 Å². The fourth-order valence-electron chi connectivity index (χ4n) is 2.86. The van der Waals surface area contributed by atoms with E-state index in [4.69, 9.17) is 5.73 Å². The van der Waals surface area contributed by atoms with Gasteiger partial charge in [-0.05, 0) is 0 Å². The molecule has 4 heterocycles. The lowest BCUT2D eigenvalue weighted by atomic mass is 10.2. The maximum absolute atomic E-state index is 5.67. The Morgan fingerprint density at radius 2 is 2.27 bits per heavy atom. The van der Waals surface area contributed by atoms with Gasteiger partial charge in [0.15, 0.2) is 5.82 Å². The molecule has 15 heavy (non-hydrogen) atoms. The normalized spacial score (nSPS) is 30.3. The first-order valence-corrected chi connectivity index (χ1v) is 5.25. The zero-order chi connectivity index (χ0) is 9.99. The van der Waals surface area contributed by atoms with Crippen molar-refractivity contribution in [1.82, 2.24) is 15.3 Å². The molecule has 6 heteroatoms. The van der Waals surface area contributed by atoms with Gasteiger partial charge in [-0.2, -0.15) is 4.98 Å². The van der Waals surface area contributed by atoms with E-state index in [1.807, 2.05) is 0 Å². The lowest BCUT2D eigenvalue weighted by molar-refractivity contribution is 0.623. The summed E-state index contributed by atoms with van der Waals surface area (Å²) in [7, 11) is 0. The average Bonchev–Trinajstić information content (AvgIpc) is 2.74. The van der Waals surface area contributed by atoms with Gasteiger partial charge in [-0.25, -0.2) is 4.98 Å². The Labute approximate surface area is 86.9 Å². The standard InChI is InChI=1S/C9H12N6/c10-9-13-5-1-6-11-2-4-3-12-8(14-9)7(5)15(4)6/h4,6,11H,1-3H2,(H3,10,12,13,14)/t4-,6?/m0/s1. The summed E-state index contributed by atoms with van der Waals surface area (Å²) < 4.78 is 0. The Kier molecular flexibility index (Phi) is 1.19. The van der Waals surface area contributed by atoms with Crippen LogP contribution in [0, 0.1) is 0 Å². The summed E-state index contributed by atoms with van der Waals surface area (Å²) in [6.07, 6.45) is 1.34. The molecule has 0 saturated carbocycles. The van der Waals surface area contributed by atoms with E-state index >= 15 is 0 Å². The number of nitrogens with two attached hydrogens (primary N) is 1. The third-order valence-electron chi connectivity index (χ3n) is 3.44. The Morgan fingerprint density at radius 3 is 3.20 bits per heavy atom. The van der Waals surface area contributed by atoms with E-state index in [0.29, 0.717) is 18.2 Å². The van der Waals surface area contributed by atoms with Crippen molar-refractivity contribution in [3.63, 3.8) is 0 Å². The molecule has 0 amide bonds. The predicted octanol–water partition coefficient (Wildman–Crippen LogP) is -0.855. The lowest BCUT2D eigenvalue weighted by Crippen LogP contribution is -2.43. The molecule has 1 unspecified atom stereocenters. The molecule has 4 N–H and O–H groups in total. The summed E-state index contributed by atoms with van der Waals surface area (Å²) in [5.41, 5.74) is 7.91. The fourth-order valence-corrected chi connectivity index (χ4v) is 2.86. The van der Waals surface area contributed by atoms with Crippen LogP contribution in [0.3, 0.4) is 0 Å². The summed E-state index contributed by atoms with van der Waals surface area (Å²) >= 11 is 0. The summed E-state index contributed by atoms with van der Waals surface area (Å²) in [6.45, 7) is 1.98. The molecule has 0 aliphatic carbocycles. The molecule has 4 rings (SSSR count).